The van der Waals surface area contributed by atoms with Gasteiger partial charge >= 0.3 is 0 Å². The highest BCUT2D eigenvalue weighted by Crippen LogP contribution is 2.14. The first-order valence-electron chi connectivity index (χ1n) is 3.60. The van der Waals surface area contributed by atoms with Gasteiger partial charge in [0.05, 0.1) is 5.75 Å². The Morgan fingerprint density at radius 2 is 2.00 bits per heavy atom. The molecule has 0 aromatic heterocycles. The number of aliphatic hydroxyl groups excluding tert-OH is 1. The van der Waals surface area contributed by atoms with Gasteiger partial charge in [-0.05, 0) is 23.6 Å². The summed E-state index contributed by atoms with van der Waals surface area (Å²) in [5, 5.41) is 8.39. The average Bonchev–Trinajstić information content (AvgIpc) is 1.99. The van der Waals surface area contributed by atoms with E-state index in [-0.39, 0.29) is 12.4 Å². The summed E-state index contributed by atoms with van der Waals surface area (Å²) in [5.74, 6) is 0.785. The van der Waals surface area contributed by atoms with Gasteiger partial charge in [0, 0.05) is 12.4 Å². The maximum absolute atomic E-state index is 10.9. The Balaban J connectivity index is 3.39. The molecule has 0 bridgehead atoms. The Bertz CT molecular complexity index is 174. The minimum absolute atomic E-state index is 0.146. The van der Waals surface area contributed by atoms with E-state index in [0.29, 0.717) is 12.2 Å². The monoisotopic (exact) mass is 198 g/mol. The molecule has 0 rings (SSSR count). The lowest BCUT2D eigenvalue weighted by atomic mass is 10.4. The molecule has 0 aliphatic carbocycles. The second-order valence-corrected chi connectivity index (χ2v) is 6.67. The standard InChI is InChI=1S/C6H14O3S2/c1-2-11(8,9)10-6-4-3-5-7/h7H,2-6H2,1H3. The molecule has 1 N–H and O–H groups in total. The molecule has 68 valence electrons. The van der Waals surface area contributed by atoms with E-state index in [1.54, 1.807) is 6.92 Å². The van der Waals surface area contributed by atoms with Crippen LogP contribution in [0.4, 0.5) is 0 Å². The molecule has 0 aromatic rings. The second-order valence-electron chi connectivity index (χ2n) is 2.10. The fourth-order valence-electron chi connectivity index (χ4n) is 0.483. The SMILES string of the molecule is CCS(=O)(=O)SCCCCO. The number of aliphatic hydroxyl groups is 1. The normalized spacial score (nSPS) is 11.8. The summed E-state index contributed by atoms with van der Waals surface area (Å²) in [6.07, 6.45) is 1.45. The van der Waals surface area contributed by atoms with Gasteiger partial charge < -0.3 is 5.11 Å². The highest BCUT2D eigenvalue weighted by Gasteiger charge is 2.06. The first kappa shape index (κ1) is 11.3. The summed E-state index contributed by atoms with van der Waals surface area (Å²) >= 11 is 0. The largest absolute Gasteiger partial charge is 0.396 e. The van der Waals surface area contributed by atoms with Crippen LogP contribution < -0.4 is 0 Å². The van der Waals surface area contributed by atoms with Gasteiger partial charge in [0.1, 0.15) is 0 Å². The third-order valence-corrected chi connectivity index (χ3v) is 4.97. The van der Waals surface area contributed by atoms with Crippen molar-refractivity contribution in [1.82, 2.24) is 0 Å². The molecule has 11 heavy (non-hydrogen) atoms. The molecule has 0 spiro atoms. The van der Waals surface area contributed by atoms with Crippen LogP contribution in [0.3, 0.4) is 0 Å². The van der Waals surface area contributed by atoms with Crippen molar-refractivity contribution < 1.29 is 13.5 Å². The molecule has 0 unspecified atom stereocenters. The average molecular weight is 198 g/mol. The fourth-order valence-corrected chi connectivity index (χ4v) is 2.84. The summed E-state index contributed by atoms with van der Waals surface area (Å²) in [6.45, 7) is 1.78. The minimum atomic E-state index is -2.86. The smallest absolute Gasteiger partial charge is 0.201 e. The van der Waals surface area contributed by atoms with E-state index in [4.69, 9.17) is 5.11 Å². The van der Waals surface area contributed by atoms with Crippen LogP contribution in [-0.2, 0) is 8.87 Å². The van der Waals surface area contributed by atoms with E-state index in [9.17, 15) is 8.42 Å². The van der Waals surface area contributed by atoms with Crippen LogP contribution in [0.2, 0.25) is 0 Å². The lowest BCUT2D eigenvalue weighted by Crippen LogP contribution is -1.98. The molecule has 0 aromatic carbocycles. The number of hydrogen-bond donors (Lipinski definition) is 1. The van der Waals surface area contributed by atoms with E-state index in [1.807, 2.05) is 0 Å². The van der Waals surface area contributed by atoms with Gasteiger partial charge in [-0.25, -0.2) is 8.42 Å². The quantitative estimate of drug-likeness (QED) is 0.507. The topological polar surface area (TPSA) is 54.4 Å². The lowest BCUT2D eigenvalue weighted by Gasteiger charge is -1.98. The van der Waals surface area contributed by atoms with Crippen LogP contribution in [0.5, 0.6) is 0 Å². The third-order valence-electron chi connectivity index (χ3n) is 1.17. The van der Waals surface area contributed by atoms with Crippen molar-refractivity contribution in [3.8, 4) is 0 Å². The predicted molar refractivity (Wildman–Crippen MR) is 48.2 cm³/mol. The summed E-state index contributed by atoms with van der Waals surface area (Å²) in [7, 11) is -1.89. The molecular weight excluding hydrogens is 184 g/mol. The zero-order valence-electron chi connectivity index (χ0n) is 6.62. The highest BCUT2D eigenvalue weighted by atomic mass is 33.1. The molecular formula is C6H14O3S2. The molecule has 0 aliphatic rings. The molecule has 0 radical (unpaired) electrons. The molecule has 0 heterocycles. The van der Waals surface area contributed by atoms with Gasteiger partial charge in [0.15, 0.2) is 0 Å². The van der Waals surface area contributed by atoms with E-state index in [1.165, 1.54) is 0 Å². The molecule has 5 heteroatoms. The Morgan fingerprint density at radius 1 is 1.36 bits per heavy atom. The maximum Gasteiger partial charge on any atom is 0.201 e. The van der Waals surface area contributed by atoms with Crippen LogP contribution in [0.25, 0.3) is 0 Å². The van der Waals surface area contributed by atoms with Gasteiger partial charge in [0.25, 0.3) is 0 Å². The number of hydrogen-bond acceptors (Lipinski definition) is 4. The molecule has 0 saturated carbocycles. The molecule has 3 nitrogen and oxygen atoms in total. The zero-order chi connectivity index (χ0) is 8.74. The summed E-state index contributed by atoms with van der Waals surface area (Å²) in [6, 6.07) is 0. The summed E-state index contributed by atoms with van der Waals surface area (Å²) in [5.41, 5.74) is 0. The number of unbranched alkanes of at least 4 members (excludes halogenated alkanes) is 1. The van der Waals surface area contributed by atoms with Crippen LogP contribution in [0.1, 0.15) is 19.8 Å². The summed E-state index contributed by atoms with van der Waals surface area (Å²) < 4.78 is 21.7. The predicted octanol–water partition coefficient (Wildman–Crippen LogP) is 0.842. The molecule has 0 fully saturated rings. The van der Waals surface area contributed by atoms with Gasteiger partial charge in [-0.3, -0.25) is 0 Å². The van der Waals surface area contributed by atoms with Gasteiger partial charge in [-0.1, -0.05) is 6.92 Å². The van der Waals surface area contributed by atoms with Crippen molar-refractivity contribution in [3.05, 3.63) is 0 Å². The van der Waals surface area contributed by atoms with E-state index in [2.05, 4.69) is 0 Å². The van der Waals surface area contributed by atoms with Crippen molar-refractivity contribution in [2.24, 2.45) is 0 Å². The van der Waals surface area contributed by atoms with Crippen LogP contribution in [0, 0.1) is 0 Å². The first-order chi connectivity index (χ1) is 5.12. The Kier molecular flexibility index (Phi) is 5.99. The van der Waals surface area contributed by atoms with Crippen molar-refractivity contribution in [1.29, 1.82) is 0 Å². The zero-order valence-corrected chi connectivity index (χ0v) is 8.25. The molecule has 0 atom stereocenters. The third kappa shape index (κ3) is 6.65. The van der Waals surface area contributed by atoms with Gasteiger partial charge in [0.2, 0.25) is 8.87 Å². The van der Waals surface area contributed by atoms with Gasteiger partial charge in [-0.15, -0.1) is 0 Å². The van der Waals surface area contributed by atoms with Gasteiger partial charge in [-0.2, -0.15) is 0 Å². The fraction of sp³-hybridized carbons (Fsp3) is 1.00. The van der Waals surface area contributed by atoms with E-state index < -0.39 is 8.87 Å². The van der Waals surface area contributed by atoms with Crippen LogP contribution in [-0.4, -0.2) is 31.6 Å². The van der Waals surface area contributed by atoms with E-state index in [0.717, 1.165) is 17.2 Å². The maximum atomic E-state index is 10.9. The van der Waals surface area contributed by atoms with E-state index >= 15 is 0 Å². The second kappa shape index (κ2) is 5.85. The van der Waals surface area contributed by atoms with Crippen molar-refractivity contribution in [2.45, 2.75) is 19.8 Å². The molecule has 0 amide bonds. The summed E-state index contributed by atoms with van der Waals surface area (Å²) in [4.78, 5) is 0. The molecule has 0 saturated heterocycles. The number of rotatable bonds is 6. The van der Waals surface area contributed by atoms with Crippen molar-refractivity contribution in [3.63, 3.8) is 0 Å². The first-order valence-corrected chi connectivity index (χ1v) is 6.76. The van der Waals surface area contributed by atoms with Crippen molar-refractivity contribution in [2.75, 3.05) is 18.1 Å². The van der Waals surface area contributed by atoms with Crippen molar-refractivity contribution >= 4 is 19.7 Å². The Hall–Kier alpha value is 0.260. The molecule has 0 aliphatic heterocycles. The Morgan fingerprint density at radius 3 is 2.45 bits per heavy atom. The minimum Gasteiger partial charge on any atom is -0.396 e. The van der Waals surface area contributed by atoms with Crippen LogP contribution >= 0.6 is 10.8 Å². The highest BCUT2D eigenvalue weighted by molar-refractivity contribution is 8.72. The lowest BCUT2D eigenvalue weighted by molar-refractivity contribution is 0.287. The Labute approximate surface area is 71.5 Å². The van der Waals surface area contributed by atoms with Crippen LogP contribution in [0.15, 0.2) is 0 Å².